The highest BCUT2D eigenvalue weighted by Crippen LogP contribution is 2.40. The van der Waals surface area contributed by atoms with E-state index in [9.17, 15) is 9.59 Å². The highest BCUT2D eigenvalue weighted by molar-refractivity contribution is 6.68. The van der Waals surface area contributed by atoms with E-state index in [4.69, 9.17) is 34.8 Å². The highest BCUT2D eigenvalue weighted by atomic mass is 35.6. The number of nitrogens with zero attached hydrogens (tertiary/aromatic N) is 2. The van der Waals surface area contributed by atoms with Gasteiger partial charge < -0.3 is 9.88 Å². The van der Waals surface area contributed by atoms with Gasteiger partial charge in [-0.05, 0) is 18.4 Å². The maximum absolute atomic E-state index is 12.5. The molecular formula is C18H24Cl3N3O2. The molecule has 3 atom stereocenters. The summed E-state index contributed by atoms with van der Waals surface area (Å²) >= 11 is 18.7. The van der Waals surface area contributed by atoms with Crippen molar-refractivity contribution in [1.29, 1.82) is 0 Å². The molecular weight excluding hydrogens is 397 g/mol. The van der Waals surface area contributed by atoms with Gasteiger partial charge >= 0.3 is 0 Å². The number of amides is 1. The average molecular weight is 421 g/mol. The topological polar surface area (TPSA) is 54.3 Å². The monoisotopic (exact) mass is 419 g/mol. The third-order valence-corrected chi connectivity index (χ3v) is 5.75. The number of halogens is 3. The van der Waals surface area contributed by atoms with E-state index in [0.29, 0.717) is 19.6 Å². The molecule has 1 aromatic heterocycles. The molecule has 0 aromatic carbocycles. The van der Waals surface area contributed by atoms with Crippen LogP contribution in [0.25, 0.3) is 0 Å². The summed E-state index contributed by atoms with van der Waals surface area (Å²) in [5.41, 5.74) is 0.466. The number of pyridine rings is 1. The molecule has 5 nitrogen and oxygen atoms in total. The van der Waals surface area contributed by atoms with Gasteiger partial charge in [0.25, 0.3) is 5.56 Å². The zero-order chi connectivity index (χ0) is 19.3. The smallest absolute Gasteiger partial charge is 0.250 e. The van der Waals surface area contributed by atoms with Gasteiger partial charge in [-0.1, -0.05) is 61.6 Å². The van der Waals surface area contributed by atoms with E-state index in [1.54, 1.807) is 12.1 Å². The number of hydrogen-bond acceptors (Lipinski definition) is 3. The first kappa shape index (κ1) is 20.0. The Labute approximate surface area is 168 Å². The Morgan fingerprint density at radius 3 is 2.50 bits per heavy atom. The molecule has 144 valence electrons. The molecule has 3 heterocycles. The fraction of sp³-hybridized carbons (Fsp3) is 0.667. The number of hydrogen-bond donors (Lipinski definition) is 1. The summed E-state index contributed by atoms with van der Waals surface area (Å²) in [5.74, 6) is 0.293. The lowest BCUT2D eigenvalue weighted by Crippen LogP contribution is -2.61. The summed E-state index contributed by atoms with van der Waals surface area (Å²) in [6.45, 7) is 7.42. The Kier molecular flexibility index (Phi) is 5.39. The zero-order valence-electron chi connectivity index (χ0n) is 15.1. The van der Waals surface area contributed by atoms with Crippen molar-refractivity contribution in [2.24, 2.45) is 11.3 Å². The van der Waals surface area contributed by atoms with Crippen LogP contribution in [0.2, 0.25) is 0 Å². The number of likely N-dealkylation sites (tertiary alicyclic amines) is 1. The predicted octanol–water partition coefficient (Wildman–Crippen LogP) is 3.13. The van der Waals surface area contributed by atoms with Crippen molar-refractivity contribution in [3.63, 3.8) is 0 Å². The first-order valence-electron chi connectivity index (χ1n) is 8.78. The second-order valence-electron chi connectivity index (χ2n) is 8.32. The Morgan fingerprint density at radius 2 is 1.88 bits per heavy atom. The van der Waals surface area contributed by atoms with Gasteiger partial charge in [0.15, 0.2) is 0 Å². The van der Waals surface area contributed by atoms with Crippen LogP contribution in [0.5, 0.6) is 0 Å². The number of carbonyl (C=O) groups is 1. The van der Waals surface area contributed by atoms with Gasteiger partial charge in [0, 0.05) is 42.7 Å². The van der Waals surface area contributed by atoms with Crippen molar-refractivity contribution < 1.29 is 4.79 Å². The number of nitrogens with one attached hydrogen (secondary N) is 1. The lowest BCUT2D eigenvalue weighted by Gasteiger charge is -2.47. The highest BCUT2D eigenvalue weighted by Gasteiger charge is 2.45. The van der Waals surface area contributed by atoms with Crippen LogP contribution in [0, 0.1) is 11.3 Å². The molecule has 8 heteroatoms. The van der Waals surface area contributed by atoms with Crippen molar-refractivity contribution >= 4 is 40.7 Å². The first-order valence-corrected chi connectivity index (χ1v) is 9.91. The van der Waals surface area contributed by atoms with Gasteiger partial charge in [0.05, 0.1) is 0 Å². The third kappa shape index (κ3) is 4.06. The van der Waals surface area contributed by atoms with Crippen molar-refractivity contribution in [2.45, 2.75) is 49.6 Å². The standard InChI is InChI=1S/C18H24Cl3N3O2/c1-17(2,3)16(26)22-15(18(19,20)21)23-8-11-7-12(10-23)13-5-4-6-14(25)24(13)9-11/h4-6,11-12,15H,7-10H2,1-3H3,(H,22,26)/t11-,12-,15+/m0/s1. The van der Waals surface area contributed by atoms with E-state index in [1.165, 1.54) is 0 Å². The molecule has 2 aliphatic rings. The molecule has 2 bridgehead atoms. The summed E-state index contributed by atoms with van der Waals surface area (Å²) in [6.07, 6.45) is 0.284. The summed E-state index contributed by atoms with van der Waals surface area (Å²) in [7, 11) is 0. The molecule has 0 spiro atoms. The average Bonchev–Trinajstić information content (AvgIpc) is 2.51. The Bertz CT molecular complexity index is 751. The Balaban J connectivity index is 1.87. The minimum Gasteiger partial charge on any atom is -0.336 e. The van der Waals surface area contributed by atoms with E-state index in [1.807, 2.05) is 36.3 Å². The molecule has 0 saturated carbocycles. The summed E-state index contributed by atoms with van der Waals surface area (Å²) < 4.78 is 0.206. The Hall–Kier alpha value is -0.750. The predicted molar refractivity (Wildman–Crippen MR) is 105 cm³/mol. The third-order valence-electron chi connectivity index (χ3n) is 5.13. The first-order chi connectivity index (χ1) is 12.0. The Morgan fingerprint density at radius 1 is 1.19 bits per heavy atom. The quantitative estimate of drug-likeness (QED) is 0.748. The van der Waals surface area contributed by atoms with Gasteiger partial charge in [-0.2, -0.15) is 0 Å². The zero-order valence-corrected chi connectivity index (χ0v) is 17.4. The maximum atomic E-state index is 12.5. The van der Waals surface area contributed by atoms with Crippen LogP contribution in [-0.2, 0) is 11.3 Å². The van der Waals surface area contributed by atoms with E-state index in [-0.39, 0.29) is 23.3 Å². The lowest BCUT2D eigenvalue weighted by atomic mass is 9.83. The van der Waals surface area contributed by atoms with Crippen molar-refractivity contribution in [1.82, 2.24) is 14.8 Å². The van der Waals surface area contributed by atoms with Crippen LogP contribution in [-0.4, -0.2) is 38.4 Å². The van der Waals surface area contributed by atoms with Crippen LogP contribution < -0.4 is 10.9 Å². The second kappa shape index (κ2) is 7.01. The van der Waals surface area contributed by atoms with Crippen molar-refractivity contribution in [2.75, 3.05) is 13.1 Å². The number of carbonyl (C=O) groups excluding carboxylic acids is 1. The van der Waals surface area contributed by atoms with Gasteiger partial charge in [0.1, 0.15) is 6.17 Å². The second-order valence-corrected chi connectivity index (χ2v) is 10.7. The van der Waals surface area contributed by atoms with Crippen LogP contribution in [0.4, 0.5) is 0 Å². The van der Waals surface area contributed by atoms with E-state index in [0.717, 1.165) is 12.1 Å². The maximum Gasteiger partial charge on any atom is 0.250 e. The molecule has 3 rings (SSSR count). The lowest BCUT2D eigenvalue weighted by molar-refractivity contribution is -0.131. The normalized spacial score (nSPS) is 24.7. The van der Waals surface area contributed by atoms with Gasteiger partial charge in [-0.15, -0.1) is 0 Å². The fourth-order valence-corrected chi connectivity index (χ4v) is 4.44. The number of rotatable bonds is 2. The molecule has 26 heavy (non-hydrogen) atoms. The summed E-state index contributed by atoms with van der Waals surface area (Å²) in [4.78, 5) is 26.7. The van der Waals surface area contributed by atoms with E-state index >= 15 is 0 Å². The van der Waals surface area contributed by atoms with Crippen LogP contribution in [0.15, 0.2) is 23.0 Å². The van der Waals surface area contributed by atoms with Gasteiger partial charge in [-0.3, -0.25) is 14.5 Å². The van der Waals surface area contributed by atoms with E-state index < -0.39 is 15.4 Å². The molecule has 0 unspecified atom stereocenters. The van der Waals surface area contributed by atoms with Crippen LogP contribution in [0.3, 0.4) is 0 Å². The van der Waals surface area contributed by atoms with Gasteiger partial charge in [-0.25, -0.2) is 0 Å². The molecule has 2 aliphatic heterocycles. The fourth-order valence-electron chi connectivity index (χ4n) is 3.87. The van der Waals surface area contributed by atoms with Gasteiger partial charge in [0.2, 0.25) is 9.70 Å². The molecule has 0 aliphatic carbocycles. The molecule has 0 radical (unpaired) electrons. The minimum absolute atomic E-state index is 0.0320. The summed E-state index contributed by atoms with van der Waals surface area (Å²) in [5, 5.41) is 2.91. The van der Waals surface area contributed by atoms with Crippen LogP contribution >= 0.6 is 34.8 Å². The molecule has 1 N–H and O–H groups in total. The van der Waals surface area contributed by atoms with Crippen LogP contribution in [0.1, 0.15) is 38.8 Å². The van der Waals surface area contributed by atoms with E-state index in [2.05, 4.69) is 5.32 Å². The molecule has 1 amide bonds. The molecule has 1 fully saturated rings. The minimum atomic E-state index is -1.65. The summed E-state index contributed by atoms with van der Waals surface area (Å²) in [6, 6.07) is 5.38. The number of alkyl halides is 3. The molecule has 1 aromatic rings. The van der Waals surface area contributed by atoms with Crippen molar-refractivity contribution in [3.05, 3.63) is 34.2 Å². The SMILES string of the molecule is CC(C)(C)C(=O)N[C@H](N1C[C@@H]2C[C@@H](C1)c1cccc(=O)n1C2)C(Cl)(Cl)Cl. The number of aromatic nitrogens is 1. The molecule has 1 saturated heterocycles. The number of fused-ring (bicyclic) bond motifs is 4. The van der Waals surface area contributed by atoms with Crippen molar-refractivity contribution in [3.8, 4) is 0 Å². The largest absolute Gasteiger partial charge is 0.336 e. The number of piperidine rings is 1.